The Kier molecular flexibility index (Phi) is 3.95. The molecule has 4 aliphatic rings. The van der Waals surface area contributed by atoms with Crippen LogP contribution in [0.1, 0.15) is 72.1 Å². The van der Waals surface area contributed by atoms with E-state index in [4.69, 9.17) is 0 Å². The van der Waals surface area contributed by atoms with Gasteiger partial charge in [-0.15, -0.1) is 0 Å². The fourth-order valence-electron chi connectivity index (χ4n) is 5.75. The highest BCUT2D eigenvalue weighted by atomic mass is 14.9. The highest BCUT2D eigenvalue weighted by Gasteiger charge is 2.52. The maximum Gasteiger partial charge on any atom is 0.00954 e. The van der Waals surface area contributed by atoms with Crippen molar-refractivity contribution in [3.8, 4) is 0 Å². The summed E-state index contributed by atoms with van der Waals surface area (Å²) in [4.78, 5) is 0. The molecule has 0 aromatic rings. The molecule has 19 heavy (non-hydrogen) atoms. The van der Waals surface area contributed by atoms with E-state index >= 15 is 0 Å². The van der Waals surface area contributed by atoms with Crippen molar-refractivity contribution >= 4 is 0 Å². The summed E-state index contributed by atoms with van der Waals surface area (Å²) in [6.07, 6.45) is 12.1. The van der Waals surface area contributed by atoms with Gasteiger partial charge in [-0.1, -0.05) is 13.8 Å². The average molecular weight is 263 g/mol. The lowest BCUT2D eigenvalue weighted by atomic mass is 9.48. The number of hydrogen-bond acceptors (Lipinski definition) is 1. The SMILES string of the molecule is CC(C)CCCNC(C)C12CC3CC(CC(C3)C1)C2. The van der Waals surface area contributed by atoms with Crippen molar-refractivity contribution < 1.29 is 0 Å². The zero-order valence-corrected chi connectivity index (χ0v) is 13.3. The van der Waals surface area contributed by atoms with Crippen molar-refractivity contribution in [1.82, 2.24) is 5.32 Å². The van der Waals surface area contributed by atoms with Crippen LogP contribution >= 0.6 is 0 Å². The van der Waals surface area contributed by atoms with Crippen molar-refractivity contribution in [1.29, 1.82) is 0 Å². The molecule has 0 saturated heterocycles. The van der Waals surface area contributed by atoms with Gasteiger partial charge in [-0.3, -0.25) is 0 Å². The molecule has 4 fully saturated rings. The molecule has 1 heteroatoms. The van der Waals surface area contributed by atoms with E-state index in [9.17, 15) is 0 Å². The summed E-state index contributed by atoms with van der Waals surface area (Å²) in [6.45, 7) is 8.40. The summed E-state index contributed by atoms with van der Waals surface area (Å²) in [5.74, 6) is 4.13. The van der Waals surface area contributed by atoms with E-state index in [-0.39, 0.29) is 0 Å². The Morgan fingerprint density at radius 2 is 1.47 bits per heavy atom. The van der Waals surface area contributed by atoms with Gasteiger partial charge in [0.2, 0.25) is 0 Å². The monoisotopic (exact) mass is 263 g/mol. The van der Waals surface area contributed by atoms with Crippen LogP contribution in [0.25, 0.3) is 0 Å². The zero-order chi connectivity index (χ0) is 13.5. The van der Waals surface area contributed by atoms with Crippen molar-refractivity contribution in [3.05, 3.63) is 0 Å². The minimum absolute atomic E-state index is 0.687. The highest BCUT2D eigenvalue weighted by molar-refractivity contribution is 5.05. The first-order valence-electron chi connectivity index (χ1n) is 8.81. The predicted molar refractivity (Wildman–Crippen MR) is 82.1 cm³/mol. The van der Waals surface area contributed by atoms with Crippen molar-refractivity contribution in [2.75, 3.05) is 6.54 Å². The van der Waals surface area contributed by atoms with Crippen LogP contribution in [-0.4, -0.2) is 12.6 Å². The third-order valence-electron chi connectivity index (χ3n) is 6.41. The van der Waals surface area contributed by atoms with E-state index in [2.05, 4.69) is 26.1 Å². The number of hydrogen-bond donors (Lipinski definition) is 1. The van der Waals surface area contributed by atoms with E-state index in [1.165, 1.54) is 19.4 Å². The molecule has 1 unspecified atom stereocenters. The Morgan fingerprint density at radius 1 is 0.947 bits per heavy atom. The maximum atomic E-state index is 3.89. The second-order valence-corrected chi connectivity index (χ2v) is 8.49. The van der Waals surface area contributed by atoms with Gasteiger partial charge in [0.15, 0.2) is 0 Å². The van der Waals surface area contributed by atoms with Crippen LogP contribution < -0.4 is 5.32 Å². The normalized spacial score (nSPS) is 42.0. The largest absolute Gasteiger partial charge is 0.314 e. The van der Waals surface area contributed by atoms with Crippen molar-refractivity contribution in [3.63, 3.8) is 0 Å². The summed E-state index contributed by atoms with van der Waals surface area (Å²) >= 11 is 0. The number of rotatable bonds is 6. The third-order valence-corrected chi connectivity index (χ3v) is 6.41. The first-order valence-corrected chi connectivity index (χ1v) is 8.81. The van der Waals surface area contributed by atoms with E-state index in [0.29, 0.717) is 5.41 Å². The van der Waals surface area contributed by atoms with Gasteiger partial charge in [0, 0.05) is 6.04 Å². The van der Waals surface area contributed by atoms with Gasteiger partial charge in [0.1, 0.15) is 0 Å². The topological polar surface area (TPSA) is 12.0 Å². The minimum atomic E-state index is 0.687. The average Bonchev–Trinajstić information content (AvgIpc) is 2.32. The lowest BCUT2D eigenvalue weighted by Gasteiger charge is -2.59. The van der Waals surface area contributed by atoms with Gasteiger partial charge in [0.25, 0.3) is 0 Å². The van der Waals surface area contributed by atoms with Gasteiger partial charge in [-0.25, -0.2) is 0 Å². The molecule has 1 nitrogen and oxygen atoms in total. The molecule has 0 aromatic heterocycles. The van der Waals surface area contributed by atoms with Crippen LogP contribution in [0.15, 0.2) is 0 Å². The van der Waals surface area contributed by atoms with E-state index in [0.717, 1.165) is 29.7 Å². The second-order valence-electron chi connectivity index (χ2n) is 8.49. The molecule has 4 rings (SSSR count). The van der Waals surface area contributed by atoms with Crippen LogP contribution in [0.3, 0.4) is 0 Å². The quantitative estimate of drug-likeness (QED) is 0.690. The lowest BCUT2D eigenvalue weighted by Crippen LogP contribution is -2.54. The molecule has 110 valence electrons. The van der Waals surface area contributed by atoms with Crippen LogP contribution in [0.2, 0.25) is 0 Å². The molecule has 4 saturated carbocycles. The molecular formula is C18H33N. The van der Waals surface area contributed by atoms with Crippen molar-refractivity contribution in [2.24, 2.45) is 29.1 Å². The Bertz CT molecular complexity index is 272. The molecule has 4 bridgehead atoms. The molecule has 0 spiro atoms. The van der Waals surface area contributed by atoms with Gasteiger partial charge < -0.3 is 5.32 Å². The fourth-order valence-corrected chi connectivity index (χ4v) is 5.75. The van der Waals surface area contributed by atoms with Crippen molar-refractivity contribution in [2.45, 2.75) is 78.2 Å². The fraction of sp³-hybridized carbons (Fsp3) is 1.00. The molecule has 4 aliphatic carbocycles. The standard InChI is InChI=1S/C18H33N/c1-13(2)5-4-6-19-14(3)18-10-15-7-16(11-18)9-17(8-15)12-18/h13-17,19H,4-12H2,1-3H3. The third kappa shape index (κ3) is 2.86. The molecular weight excluding hydrogens is 230 g/mol. The van der Waals surface area contributed by atoms with Gasteiger partial charge in [-0.2, -0.15) is 0 Å². The summed E-state index contributed by atoms with van der Waals surface area (Å²) < 4.78 is 0. The van der Waals surface area contributed by atoms with Crippen LogP contribution in [-0.2, 0) is 0 Å². The summed E-state index contributed by atoms with van der Waals surface area (Å²) in [7, 11) is 0. The summed E-state index contributed by atoms with van der Waals surface area (Å²) in [6, 6.07) is 0.757. The zero-order valence-electron chi connectivity index (χ0n) is 13.3. The number of nitrogens with one attached hydrogen (secondary N) is 1. The molecule has 1 N–H and O–H groups in total. The van der Waals surface area contributed by atoms with Crippen LogP contribution in [0.5, 0.6) is 0 Å². The predicted octanol–water partition coefficient (Wildman–Crippen LogP) is 4.62. The first kappa shape index (κ1) is 13.9. The second kappa shape index (κ2) is 5.39. The molecule has 1 atom stereocenters. The van der Waals surface area contributed by atoms with Crippen LogP contribution in [0, 0.1) is 29.1 Å². The minimum Gasteiger partial charge on any atom is -0.314 e. The Labute approximate surface area is 119 Å². The summed E-state index contributed by atoms with van der Waals surface area (Å²) in [5, 5.41) is 3.89. The highest BCUT2D eigenvalue weighted by Crippen LogP contribution is 2.61. The van der Waals surface area contributed by atoms with E-state index in [1.807, 2.05) is 0 Å². The molecule has 0 amide bonds. The molecule has 0 aliphatic heterocycles. The Balaban J connectivity index is 1.53. The van der Waals surface area contributed by atoms with Gasteiger partial charge in [-0.05, 0) is 93.9 Å². The molecule has 0 radical (unpaired) electrons. The van der Waals surface area contributed by atoms with E-state index in [1.54, 1.807) is 38.5 Å². The summed E-state index contributed by atoms with van der Waals surface area (Å²) in [5.41, 5.74) is 0.687. The first-order chi connectivity index (χ1) is 9.07. The molecule has 0 heterocycles. The lowest BCUT2D eigenvalue weighted by molar-refractivity contribution is -0.0703. The van der Waals surface area contributed by atoms with E-state index < -0.39 is 0 Å². The molecule has 0 aromatic carbocycles. The smallest absolute Gasteiger partial charge is 0.00954 e. The maximum absolute atomic E-state index is 3.89. The Hall–Kier alpha value is -0.0400. The van der Waals surface area contributed by atoms with Gasteiger partial charge in [0.05, 0.1) is 0 Å². The van der Waals surface area contributed by atoms with Crippen LogP contribution in [0.4, 0.5) is 0 Å². The Morgan fingerprint density at radius 3 is 1.95 bits per heavy atom. The van der Waals surface area contributed by atoms with Gasteiger partial charge >= 0.3 is 0 Å².